The number of fused-ring (bicyclic) bond motifs is 2. The molecule has 0 spiro atoms. The van der Waals surface area contributed by atoms with E-state index >= 15 is 0 Å². The fraction of sp³-hybridized carbons (Fsp3) is 1.00. The lowest BCUT2D eigenvalue weighted by Crippen LogP contribution is -2.37. The van der Waals surface area contributed by atoms with Crippen LogP contribution >= 0.6 is 0 Å². The molecule has 0 aromatic heterocycles. The standard InChI is InChI=1S/C14H24O/c1-13(2)10-6-7-14(13,3)11(9-10)12-5-4-8-15-12/h10-12H,4-9H2,1-3H3. The van der Waals surface area contributed by atoms with Gasteiger partial charge in [0.2, 0.25) is 0 Å². The maximum Gasteiger partial charge on any atom is 0.0609 e. The first-order chi connectivity index (χ1) is 7.06. The van der Waals surface area contributed by atoms with Gasteiger partial charge >= 0.3 is 0 Å². The van der Waals surface area contributed by atoms with Gasteiger partial charge in [0.1, 0.15) is 0 Å². The van der Waals surface area contributed by atoms with Crippen LogP contribution in [0.2, 0.25) is 0 Å². The summed E-state index contributed by atoms with van der Waals surface area (Å²) in [6.07, 6.45) is 7.56. The van der Waals surface area contributed by atoms with Crippen LogP contribution in [0.1, 0.15) is 52.9 Å². The Hall–Kier alpha value is -0.0400. The molecule has 4 atom stereocenters. The largest absolute Gasteiger partial charge is 0.378 e. The Morgan fingerprint density at radius 3 is 2.40 bits per heavy atom. The summed E-state index contributed by atoms with van der Waals surface area (Å²) in [6.45, 7) is 8.55. The first kappa shape index (κ1) is 10.1. The molecule has 1 heteroatoms. The molecule has 1 aliphatic heterocycles. The zero-order valence-electron chi connectivity index (χ0n) is 10.4. The van der Waals surface area contributed by atoms with Crippen LogP contribution in [0.4, 0.5) is 0 Å². The van der Waals surface area contributed by atoms with E-state index in [0.717, 1.165) is 18.4 Å². The molecule has 0 aromatic carbocycles. The van der Waals surface area contributed by atoms with Crippen molar-refractivity contribution in [2.24, 2.45) is 22.7 Å². The summed E-state index contributed by atoms with van der Waals surface area (Å²) in [5.41, 5.74) is 1.12. The second kappa shape index (κ2) is 3.00. The Kier molecular flexibility index (Phi) is 2.03. The molecular formula is C14H24O. The van der Waals surface area contributed by atoms with Crippen molar-refractivity contribution in [3.8, 4) is 0 Å². The molecule has 3 fully saturated rings. The van der Waals surface area contributed by atoms with Gasteiger partial charge in [-0.25, -0.2) is 0 Å². The van der Waals surface area contributed by atoms with Crippen LogP contribution in [0.3, 0.4) is 0 Å². The molecule has 2 aliphatic carbocycles. The van der Waals surface area contributed by atoms with Crippen LogP contribution in [-0.4, -0.2) is 12.7 Å². The molecule has 3 aliphatic rings. The summed E-state index contributed by atoms with van der Waals surface area (Å²) in [6, 6.07) is 0. The molecule has 0 aromatic rings. The van der Waals surface area contributed by atoms with Gasteiger partial charge in [-0.15, -0.1) is 0 Å². The van der Waals surface area contributed by atoms with E-state index in [-0.39, 0.29) is 0 Å². The van der Waals surface area contributed by atoms with E-state index in [1.54, 1.807) is 0 Å². The number of hydrogen-bond acceptors (Lipinski definition) is 1. The Morgan fingerprint density at radius 2 is 1.93 bits per heavy atom. The van der Waals surface area contributed by atoms with Crippen LogP contribution in [0.15, 0.2) is 0 Å². The van der Waals surface area contributed by atoms with E-state index in [0.29, 0.717) is 16.9 Å². The maximum absolute atomic E-state index is 5.95. The smallest absolute Gasteiger partial charge is 0.0609 e. The van der Waals surface area contributed by atoms with E-state index < -0.39 is 0 Å². The fourth-order valence-corrected chi connectivity index (χ4v) is 4.75. The Morgan fingerprint density at radius 1 is 1.13 bits per heavy atom. The fourth-order valence-electron chi connectivity index (χ4n) is 4.75. The van der Waals surface area contributed by atoms with E-state index in [1.807, 2.05) is 0 Å². The number of ether oxygens (including phenoxy) is 1. The molecule has 15 heavy (non-hydrogen) atoms. The topological polar surface area (TPSA) is 9.23 Å². The van der Waals surface area contributed by atoms with Gasteiger partial charge in [-0.2, -0.15) is 0 Å². The zero-order valence-corrected chi connectivity index (χ0v) is 10.4. The quantitative estimate of drug-likeness (QED) is 0.639. The molecule has 1 heterocycles. The Labute approximate surface area is 93.6 Å². The molecule has 4 unspecified atom stereocenters. The van der Waals surface area contributed by atoms with E-state index in [9.17, 15) is 0 Å². The summed E-state index contributed by atoms with van der Waals surface area (Å²) in [7, 11) is 0. The number of hydrogen-bond donors (Lipinski definition) is 0. The van der Waals surface area contributed by atoms with Crippen LogP contribution in [0, 0.1) is 22.7 Å². The third kappa shape index (κ3) is 1.13. The average Bonchev–Trinajstić information content (AvgIpc) is 2.80. The van der Waals surface area contributed by atoms with Crippen molar-refractivity contribution >= 4 is 0 Å². The lowest BCUT2D eigenvalue weighted by Gasteiger charge is -2.41. The lowest BCUT2D eigenvalue weighted by molar-refractivity contribution is -0.0118. The van der Waals surface area contributed by atoms with Crippen molar-refractivity contribution < 1.29 is 4.74 Å². The van der Waals surface area contributed by atoms with Gasteiger partial charge < -0.3 is 4.74 Å². The molecule has 3 rings (SSSR count). The van der Waals surface area contributed by atoms with Crippen LogP contribution in [0.25, 0.3) is 0 Å². The first-order valence-corrected chi connectivity index (χ1v) is 6.67. The third-order valence-electron chi connectivity index (χ3n) is 6.28. The Balaban J connectivity index is 1.88. The number of rotatable bonds is 1. The molecule has 0 amide bonds. The van der Waals surface area contributed by atoms with Crippen LogP contribution < -0.4 is 0 Å². The van der Waals surface area contributed by atoms with Crippen molar-refractivity contribution in [1.82, 2.24) is 0 Å². The van der Waals surface area contributed by atoms with Gasteiger partial charge in [-0.3, -0.25) is 0 Å². The summed E-state index contributed by atoms with van der Waals surface area (Å²) >= 11 is 0. The van der Waals surface area contributed by atoms with E-state index in [1.165, 1.54) is 32.1 Å². The summed E-state index contributed by atoms with van der Waals surface area (Å²) in [4.78, 5) is 0. The highest BCUT2D eigenvalue weighted by molar-refractivity contribution is 5.11. The molecule has 2 bridgehead atoms. The normalized spacial score (nSPS) is 52.6. The molecule has 86 valence electrons. The summed E-state index contributed by atoms with van der Waals surface area (Å²) < 4.78 is 5.95. The molecule has 0 N–H and O–H groups in total. The van der Waals surface area contributed by atoms with Crippen molar-refractivity contribution in [3.63, 3.8) is 0 Å². The minimum Gasteiger partial charge on any atom is -0.378 e. The summed E-state index contributed by atoms with van der Waals surface area (Å²) in [5, 5.41) is 0. The molecule has 2 saturated carbocycles. The predicted molar refractivity (Wildman–Crippen MR) is 61.7 cm³/mol. The average molecular weight is 208 g/mol. The minimum atomic E-state index is 0.559. The first-order valence-electron chi connectivity index (χ1n) is 6.67. The van der Waals surface area contributed by atoms with Crippen molar-refractivity contribution in [3.05, 3.63) is 0 Å². The molecular weight excluding hydrogens is 184 g/mol. The SMILES string of the molecule is CC1(C)C2CCC1(C)C(C1CCCO1)C2. The molecule has 0 radical (unpaired) electrons. The van der Waals surface area contributed by atoms with Crippen LogP contribution in [-0.2, 0) is 4.74 Å². The van der Waals surface area contributed by atoms with Gasteiger partial charge in [-0.1, -0.05) is 20.8 Å². The highest BCUT2D eigenvalue weighted by Crippen LogP contribution is 2.69. The molecule has 1 saturated heterocycles. The van der Waals surface area contributed by atoms with Gasteiger partial charge in [-0.05, 0) is 54.8 Å². The van der Waals surface area contributed by atoms with Gasteiger partial charge in [0.25, 0.3) is 0 Å². The van der Waals surface area contributed by atoms with Crippen LogP contribution in [0.5, 0.6) is 0 Å². The van der Waals surface area contributed by atoms with E-state index in [2.05, 4.69) is 20.8 Å². The van der Waals surface area contributed by atoms with Crippen molar-refractivity contribution in [2.75, 3.05) is 6.61 Å². The predicted octanol–water partition coefficient (Wildman–Crippen LogP) is 3.63. The Bertz CT molecular complexity index is 265. The second-order valence-corrected chi connectivity index (χ2v) is 6.77. The highest BCUT2D eigenvalue weighted by Gasteiger charge is 2.62. The lowest BCUT2D eigenvalue weighted by atomic mass is 9.65. The van der Waals surface area contributed by atoms with Gasteiger partial charge in [0, 0.05) is 6.61 Å². The maximum atomic E-state index is 5.95. The van der Waals surface area contributed by atoms with Crippen molar-refractivity contribution in [1.29, 1.82) is 0 Å². The summed E-state index contributed by atoms with van der Waals surface area (Å²) in [5.74, 6) is 1.82. The van der Waals surface area contributed by atoms with E-state index in [4.69, 9.17) is 4.74 Å². The monoisotopic (exact) mass is 208 g/mol. The van der Waals surface area contributed by atoms with Gasteiger partial charge in [0.05, 0.1) is 6.10 Å². The zero-order chi connectivity index (χ0) is 10.7. The van der Waals surface area contributed by atoms with Crippen molar-refractivity contribution in [2.45, 2.75) is 59.0 Å². The minimum absolute atomic E-state index is 0.559. The second-order valence-electron chi connectivity index (χ2n) is 6.77. The third-order valence-corrected chi connectivity index (χ3v) is 6.28. The van der Waals surface area contributed by atoms with Gasteiger partial charge in [0.15, 0.2) is 0 Å². The molecule has 1 nitrogen and oxygen atoms in total. The highest BCUT2D eigenvalue weighted by atomic mass is 16.5.